The monoisotopic (exact) mass is 238 g/mol. The summed E-state index contributed by atoms with van der Waals surface area (Å²) in [5.74, 6) is -0.447. The molecule has 2 N–H and O–H groups in total. The summed E-state index contributed by atoms with van der Waals surface area (Å²) < 4.78 is 12.8. The van der Waals surface area contributed by atoms with E-state index in [0.717, 1.165) is 5.56 Å². The Morgan fingerprint density at radius 2 is 2.24 bits per heavy atom. The zero-order chi connectivity index (χ0) is 12.5. The van der Waals surface area contributed by atoms with E-state index >= 15 is 0 Å². The van der Waals surface area contributed by atoms with Crippen molar-refractivity contribution in [3.05, 3.63) is 35.6 Å². The average molecular weight is 238 g/mol. The maximum absolute atomic E-state index is 12.8. The van der Waals surface area contributed by atoms with Gasteiger partial charge in [0.05, 0.1) is 6.54 Å². The summed E-state index contributed by atoms with van der Waals surface area (Å²) >= 11 is 0. The fourth-order valence-corrected chi connectivity index (χ4v) is 1.33. The minimum atomic E-state index is -0.270. The van der Waals surface area contributed by atoms with E-state index in [2.05, 4.69) is 10.6 Å². The molecule has 1 amide bonds. The predicted octanol–water partition coefficient (Wildman–Crippen LogP) is 0.621. The smallest absolute Gasteiger partial charge is 0.221 e. The largest absolute Gasteiger partial charge is 0.349 e. The number of hydrogen-bond acceptors (Lipinski definition) is 3. The van der Waals surface area contributed by atoms with Crippen LogP contribution in [0.2, 0.25) is 0 Å². The molecule has 0 aliphatic heterocycles. The van der Waals surface area contributed by atoms with E-state index in [1.807, 2.05) is 6.07 Å². The third-order valence-electron chi connectivity index (χ3n) is 2.13. The van der Waals surface area contributed by atoms with Crippen LogP contribution in [0.25, 0.3) is 0 Å². The SMILES string of the molecule is O=CCNC(=O)CCNCc1cccc(F)c1. The molecule has 92 valence electrons. The Balaban J connectivity index is 2.16. The Hall–Kier alpha value is -1.75. The second-order valence-corrected chi connectivity index (χ2v) is 3.53. The van der Waals surface area contributed by atoms with Crippen molar-refractivity contribution in [2.75, 3.05) is 13.1 Å². The first-order valence-electron chi connectivity index (χ1n) is 5.38. The van der Waals surface area contributed by atoms with Gasteiger partial charge in [-0.15, -0.1) is 0 Å². The molecule has 0 radical (unpaired) electrons. The molecular formula is C12H15FN2O2. The Labute approximate surface area is 99.2 Å². The molecule has 0 unspecified atom stereocenters. The highest BCUT2D eigenvalue weighted by Crippen LogP contribution is 2.02. The molecule has 0 atom stereocenters. The molecule has 0 aromatic heterocycles. The highest BCUT2D eigenvalue weighted by Gasteiger charge is 1.99. The highest BCUT2D eigenvalue weighted by atomic mass is 19.1. The van der Waals surface area contributed by atoms with Crippen molar-refractivity contribution in [1.82, 2.24) is 10.6 Å². The van der Waals surface area contributed by atoms with Crippen LogP contribution in [0.5, 0.6) is 0 Å². The van der Waals surface area contributed by atoms with Crippen LogP contribution in [0, 0.1) is 5.82 Å². The molecule has 5 heteroatoms. The molecular weight excluding hydrogens is 223 g/mol. The van der Waals surface area contributed by atoms with E-state index in [-0.39, 0.29) is 18.3 Å². The van der Waals surface area contributed by atoms with Crippen molar-refractivity contribution in [2.24, 2.45) is 0 Å². The van der Waals surface area contributed by atoms with Gasteiger partial charge in [0.25, 0.3) is 0 Å². The quantitative estimate of drug-likeness (QED) is 0.541. The van der Waals surface area contributed by atoms with Gasteiger partial charge in [-0.25, -0.2) is 4.39 Å². The van der Waals surface area contributed by atoms with Crippen LogP contribution < -0.4 is 10.6 Å². The van der Waals surface area contributed by atoms with Crippen molar-refractivity contribution < 1.29 is 14.0 Å². The van der Waals surface area contributed by atoms with E-state index < -0.39 is 0 Å². The number of halogens is 1. The lowest BCUT2D eigenvalue weighted by molar-refractivity contribution is -0.122. The summed E-state index contributed by atoms with van der Waals surface area (Å²) in [6.07, 6.45) is 0.932. The molecule has 0 heterocycles. The molecule has 0 saturated carbocycles. The molecule has 1 aromatic carbocycles. The number of nitrogens with one attached hydrogen (secondary N) is 2. The lowest BCUT2D eigenvalue weighted by Crippen LogP contribution is -2.28. The Morgan fingerprint density at radius 1 is 1.41 bits per heavy atom. The molecule has 0 saturated heterocycles. The molecule has 0 aliphatic rings. The van der Waals surface area contributed by atoms with Crippen molar-refractivity contribution in [1.29, 1.82) is 0 Å². The Kier molecular flexibility index (Phi) is 5.88. The van der Waals surface area contributed by atoms with E-state index in [4.69, 9.17) is 0 Å². The van der Waals surface area contributed by atoms with Crippen LogP contribution in [0.15, 0.2) is 24.3 Å². The Bertz CT molecular complexity index is 383. The van der Waals surface area contributed by atoms with E-state index in [0.29, 0.717) is 25.8 Å². The topological polar surface area (TPSA) is 58.2 Å². The molecule has 1 aromatic rings. The van der Waals surface area contributed by atoms with Gasteiger partial charge in [0.15, 0.2) is 0 Å². The van der Waals surface area contributed by atoms with Gasteiger partial charge in [0.1, 0.15) is 12.1 Å². The maximum atomic E-state index is 12.8. The summed E-state index contributed by atoms with van der Waals surface area (Å²) in [5, 5.41) is 5.45. The lowest BCUT2D eigenvalue weighted by atomic mass is 10.2. The molecule has 17 heavy (non-hydrogen) atoms. The van der Waals surface area contributed by atoms with Crippen molar-refractivity contribution in [2.45, 2.75) is 13.0 Å². The minimum Gasteiger partial charge on any atom is -0.349 e. The maximum Gasteiger partial charge on any atom is 0.221 e. The van der Waals surface area contributed by atoms with Gasteiger partial charge in [-0.1, -0.05) is 12.1 Å². The van der Waals surface area contributed by atoms with Crippen LogP contribution in [0.3, 0.4) is 0 Å². The predicted molar refractivity (Wildman–Crippen MR) is 61.8 cm³/mol. The normalized spacial score (nSPS) is 9.94. The number of hydrogen-bond donors (Lipinski definition) is 2. The molecule has 0 aliphatic carbocycles. The van der Waals surface area contributed by atoms with Gasteiger partial charge in [0, 0.05) is 19.5 Å². The Morgan fingerprint density at radius 3 is 2.94 bits per heavy atom. The summed E-state index contributed by atoms with van der Waals surface area (Å²) in [5.41, 5.74) is 0.832. The molecule has 4 nitrogen and oxygen atoms in total. The summed E-state index contributed by atoms with van der Waals surface area (Å²) in [6.45, 7) is 1.04. The lowest BCUT2D eigenvalue weighted by Gasteiger charge is -2.05. The van der Waals surface area contributed by atoms with Crippen LogP contribution >= 0.6 is 0 Å². The van der Waals surface area contributed by atoms with E-state index in [1.165, 1.54) is 12.1 Å². The first-order chi connectivity index (χ1) is 8.22. The molecule has 1 rings (SSSR count). The van der Waals surface area contributed by atoms with Gasteiger partial charge in [-0.2, -0.15) is 0 Å². The highest BCUT2D eigenvalue weighted by molar-refractivity contribution is 5.78. The zero-order valence-corrected chi connectivity index (χ0v) is 9.41. The van der Waals surface area contributed by atoms with Crippen molar-refractivity contribution >= 4 is 12.2 Å². The summed E-state index contributed by atoms with van der Waals surface area (Å²) in [6, 6.07) is 6.28. The van der Waals surface area contributed by atoms with Gasteiger partial charge in [-0.05, 0) is 17.7 Å². The van der Waals surface area contributed by atoms with E-state index in [9.17, 15) is 14.0 Å². The summed E-state index contributed by atoms with van der Waals surface area (Å²) in [4.78, 5) is 21.1. The van der Waals surface area contributed by atoms with Crippen LogP contribution in [0.4, 0.5) is 4.39 Å². The number of rotatable bonds is 7. The number of aldehydes is 1. The number of carbonyl (C=O) groups is 2. The van der Waals surface area contributed by atoms with Crippen LogP contribution in [-0.2, 0) is 16.1 Å². The number of benzene rings is 1. The second kappa shape index (κ2) is 7.51. The third-order valence-corrected chi connectivity index (χ3v) is 2.13. The fourth-order valence-electron chi connectivity index (χ4n) is 1.33. The third kappa shape index (κ3) is 5.77. The van der Waals surface area contributed by atoms with Crippen molar-refractivity contribution in [3.8, 4) is 0 Å². The van der Waals surface area contributed by atoms with Gasteiger partial charge >= 0.3 is 0 Å². The first-order valence-corrected chi connectivity index (χ1v) is 5.38. The van der Waals surface area contributed by atoms with E-state index in [1.54, 1.807) is 6.07 Å². The van der Waals surface area contributed by atoms with Gasteiger partial charge in [0.2, 0.25) is 5.91 Å². The van der Waals surface area contributed by atoms with Gasteiger partial charge < -0.3 is 15.4 Å². The average Bonchev–Trinajstić information content (AvgIpc) is 2.32. The van der Waals surface area contributed by atoms with Crippen LogP contribution in [-0.4, -0.2) is 25.3 Å². The van der Waals surface area contributed by atoms with Gasteiger partial charge in [-0.3, -0.25) is 4.79 Å². The first kappa shape index (κ1) is 13.3. The zero-order valence-electron chi connectivity index (χ0n) is 9.41. The minimum absolute atomic E-state index is 0.0444. The standard InChI is InChI=1S/C12H15FN2O2/c13-11-3-1-2-10(8-11)9-14-5-4-12(17)15-6-7-16/h1-3,7-8,14H,4-6,9H2,(H,15,17). The second-order valence-electron chi connectivity index (χ2n) is 3.53. The van der Waals surface area contributed by atoms with Crippen molar-refractivity contribution in [3.63, 3.8) is 0 Å². The molecule has 0 spiro atoms. The number of carbonyl (C=O) groups excluding carboxylic acids is 2. The molecule has 0 fully saturated rings. The fraction of sp³-hybridized carbons (Fsp3) is 0.333. The number of amides is 1. The molecule has 0 bridgehead atoms. The summed E-state index contributed by atoms with van der Waals surface area (Å²) in [7, 11) is 0. The van der Waals surface area contributed by atoms with Crippen LogP contribution in [0.1, 0.15) is 12.0 Å².